The van der Waals surface area contributed by atoms with Gasteiger partial charge in [0.1, 0.15) is 5.75 Å². The number of rotatable bonds is 7. The van der Waals surface area contributed by atoms with Crippen molar-refractivity contribution in [2.24, 2.45) is 5.92 Å². The van der Waals surface area contributed by atoms with Gasteiger partial charge in [-0.25, -0.2) is 4.98 Å². The summed E-state index contributed by atoms with van der Waals surface area (Å²) in [5, 5.41) is 3.06. The van der Waals surface area contributed by atoms with Crippen molar-refractivity contribution in [3.05, 3.63) is 100 Å². The van der Waals surface area contributed by atoms with E-state index in [0.717, 1.165) is 40.8 Å². The number of hydrogen-bond donors (Lipinski definition) is 1. The van der Waals surface area contributed by atoms with Crippen LogP contribution in [0.5, 0.6) is 5.75 Å². The van der Waals surface area contributed by atoms with Crippen LogP contribution >= 0.6 is 0 Å². The predicted molar refractivity (Wildman–Crippen MR) is 141 cm³/mol. The molecule has 1 saturated heterocycles. The van der Waals surface area contributed by atoms with Crippen LogP contribution in [0, 0.1) is 5.92 Å². The molecule has 2 heterocycles. The number of methoxy groups -OCH3 is 1. The number of nitrogens with one attached hydrogen (secondary N) is 1. The lowest BCUT2D eigenvalue weighted by Crippen LogP contribution is -2.45. The number of para-hydroxylation sites is 2. The Hall–Kier alpha value is -4.13. The molecule has 1 aromatic heterocycles. The van der Waals surface area contributed by atoms with Crippen molar-refractivity contribution in [1.29, 1.82) is 0 Å². The van der Waals surface area contributed by atoms with Gasteiger partial charge in [-0.15, -0.1) is 0 Å². The van der Waals surface area contributed by atoms with E-state index in [2.05, 4.69) is 5.32 Å². The lowest BCUT2D eigenvalue weighted by Gasteiger charge is -2.32. The van der Waals surface area contributed by atoms with Crippen molar-refractivity contribution in [1.82, 2.24) is 14.9 Å². The molecule has 0 radical (unpaired) electrons. The second kappa shape index (κ2) is 10.6. The molecule has 7 nitrogen and oxygen atoms in total. The molecule has 0 aliphatic carbocycles. The van der Waals surface area contributed by atoms with Gasteiger partial charge in [0.15, 0.2) is 5.82 Å². The van der Waals surface area contributed by atoms with Gasteiger partial charge < -0.3 is 15.0 Å². The van der Waals surface area contributed by atoms with E-state index in [9.17, 15) is 9.59 Å². The first kappa shape index (κ1) is 23.6. The quantitative estimate of drug-likeness (QED) is 0.431. The fourth-order valence-corrected chi connectivity index (χ4v) is 4.81. The van der Waals surface area contributed by atoms with Crippen molar-refractivity contribution in [2.75, 3.05) is 25.1 Å². The Balaban J connectivity index is 1.37. The molecule has 36 heavy (non-hydrogen) atoms. The van der Waals surface area contributed by atoms with Crippen molar-refractivity contribution < 1.29 is 9.53 Å². The first-order valence-electron chi connectivity index (χ1n) is 12.3. The van der Waals surface area contributed by atoms with Crippen LogP contribution in [0.25, 0.3) is 11.0 Å². The molecule has 0 saturated carbocycles. The Morgan fingerprint density at radius 1 is 1.03 bits per heavy atom. The normalized spacial score (nSPS) is 15.6. The summed E-state index contributed by atoms with van der Waals surface area (Å²) < 4.78 is 7.06. The molecular weight excluding hydrogens is 452 g/mol. The largest absolute Gasteiger partial charge is 0.497 e. The van der Waals surface area contributed by atoms with Crippen LogP contribution in [-0.4, -0.2) is 35.7 Å². The average molecular weight is 483 g/mol. The molecule has 0 bridgehead atoms. The number of aromatic nitrogens is 2. The molecule has 0 unspecified atom stereocenters. The molecule has 1 atom stereocenters. The van der Waals surface area contributed by atoms with Crippen molar-refractivity contribution in [2.45, 2.75) is 25.9 Å². The number of nitrogens with zero attached hydrogens (tertiary/aromatic N) is 3. The van der Waals surface area contributed by atoms with Crippen LogP contribution in [0.15, 0.2) is 83.7 Å². The third-order valence-corrected chi connectivity index (χ3v) is 6.71. The molecule has 1 N–H and O–H groups in total. The van der Waals surface area contributed by atoms with E-state index < -0.39 is 0 Å². The molecular formula is C29H30N4O3. The van der Waals surface area contributed by atoms with Crippen LogP contribution < -0.4 is 20.5 Å². The number of carbonyl (C=O) groups is 1. The Labute approximate surface area is 210 Å². The molecule has 7 heteroatoms. The number of piperidine rings is 1. The first-order valence-corrected chi connectivity index (χ1v) is 12.3. The summed E-state index contributed by atoms with van der Waals surface area (Å²) in [7, 11) is 1.63. The highest BCUT2D eigenvalue weighted by Gasteiger charge is 2.28. The number of carbonyl (C=O) groups excluding carboxylic acids is 1. The number of hydrogen-bond acceptors (Lipinski definition) is 5. The lowest BCUT2D eigenvalue weighted by molar-refractivity contribution is -0.125. The molecule has 1 fully saturated rings. The fourth-order valence-electron chi connectivity index (χ4n) is 4.81. The van der Waals surface area contributed by atoms with Crippen molar-refractivity contribution in [3.8, 4) is 5.75 Å². The van der Waals surface area contributed by atoms with Crippen LogP contribution in [0.2, 0.25) is 0 Å². The van der Waals surface area contributed by atoms with Gasteiger partial charge in [0.25, 0.3) is 5.56 Å². The van der Waals surface area contributed by atoms with Crippen molar-refractivity contribution >= 4 is 22.8 Å². The van der Waals surface area contributed by atoms with E-state index in [1.807, 2.05) is 83.8 Å². The third-order valence-electron chi connectivity index (χ3n) is 6.71. The SMILES string of the molecule is COc1cccc(CNC(=O)[C@H]2CCCN(c3nc4ccccc4n(Cc4ccccc4)c3=O)C2)c1. The van der Waals surface area contributed by atoms with E-state index in [1.54, 1.807) is 11.7 Å². The van der Waals surface area contributed by atoms with Gasteiger partial charge in [0.2, 0.25) is 5.91 Å². The molecule has 184 valence electrons. The Bertz CT molecular complexity index is 1420. The maximum absolute atomic E-state index is 13.7. The molecule has 3 aromatic carbocycles. The second-order valence-corrected chi connectivity index (χ2v) is 9.16. The summed E-state index contributed by atoms with van der Waals surface area (Å²) in [6, 6.07) is 25.4. The van der Waals surface area contributed by atoms with Gasteiger partial charge in [-0.05, 0) is 48.2 Å². The van der Waals surface area contributed by atoms with E-state index in [1.165, 1.54) is 0 Å². The zero-order valence-corrected chi connectivity index (χ0v) is 20.4. The van der Waals surface area contributed by atoms with Gasteiger partial charge in [-0.3, -0.25) is 14.2 Å². The summed E-state index contributed by atoms with van der Waals surface area (Å²) in [5.74, 6) is 0.960. The summed E-state index contributed by atoms with van der Waals surface area (Å²) in [6.45, 7) is 2.07. The summed E-state index contributed by atoms with van der Waals surface area (Å²) in [5.41, 5.74) is 3.48. The first-order chi connectivity index (χ1) is 17.6. The predicted octanol–water partition coefficient (Wildman–Crippen LogP) is 3.99. The van der Waals surface area contributed by atoms with Gasteiger partial charge in [-0.1, -0.05) is 54.6 Å². The molecule has 1 amide bonds. The van der Waals surface area contributed by atoms with E-state index in [4.69, 9.17) is 9.72 Å². The Morgan fingerprint density at radius 2 is 1.81 bits per heavy atom. The minimum atomic E-state index is -0.209. The van der Waals surface area contributed by atoms with Gasteiger partial charge in [0.05, 0.1) is 30.6 Å². The average Bonchev–Trinajstić information content (AvgIpc) is 2.94. The maximum atomic E-state index is 13.7. The third kappa shape index (κ3) is 5.10. The Kier molecular flexibility index (Phi) is 6.98. The smallest absolute Gasteiger partial charge is 0.294 e. The van der Waals surface area contributed by atoms with Gasteiger partial charge >= 0.3 is 0 Å². The second-order valence-electron chi connectivity index (χ2n) is 9.16. The van der Waals surface area contributed by atoms with Crippen LogP contribution in [0.1, 0.15) is 24.0 Å². The molecule has 1 aliphatic heterocycles. The molecule has 1 aliphatic rings. The topological polar surface area (TPSA) is 76.5 Å². The zero-order chi connectivity index (χ0) is 24.9. The summed E-state index contributed by atoms with van der Waals surface area (Å²) >= 11 is 0. The minimum Gasteiger partial charge on any atom is -0.497 e. The highest BCUT2D eigenvalue weighted by Crippen LogP contribution is 2.23. The van der Waals surface area contributed by atoms with E-state index in [0.29, 0.717) is 32.0 Å². The highest BCUT2D eigenvalue weighted by atomic mass is 16.5. The summed E-state index contributed by atoms with van der Waals surface area (Å²) in [4.78, 5) is 33.5. The van der Waals surface area contributed by atoms with E-state index in [-0.39, 0.29) is 17.4 Å². The standard InChI is InChI=1S/C29H30N4O3/c1-36-24-13-7-11-22(17-24)18-30-28(34)23-12-8-16-32(20-23)27-29(35)33(19-21-9-3-2-4-10-21)26-15-6-5-14-25(26)31-27/h2-7,9-11,13-15,17,23H,8,12,16,18-20H2,1H3,(H,30,34)/t23-/m0/s1. The van der Waals surface area contributed by atoms with Crippen LogP contribution in [0.3, 0.4) is 0 Å². The zero-order valence-electron chi connectivity index (χ0n) is 20.4. The fraction of sp³-hybridized carbons (Fsp3) is 0.276. The summed E-state index contributed by atoms with van der Waals surface area (Å²) in [6.07, 6.45) is 1.61. The maximum Gasteiger partial charge on any atom is 0.294 e. The number of fused-ring (bicyclic) bond motifs is 1. The lowest BCUT2D eigenvalue weighted by atomic mass is 9.97. The van der Waals surface area contributed by atoms with Crippen LogP contribution in [0.4, 0.5) is 5.82 Å². The number of benzene rings is 3. The highest BCUT2D eigenvalue weighted by molar-refractivity contribution is 5.80. The molecule has 5 rings (SSSR count). The van der Waals surface area contributed by atoms with Crippen molar-refractivity contribution in [3.63, 3.8) is 0 Å². The molecule has 0 spiro atoms. The molecule has 4 aromatic rings. The van der Waals surface area contributed by atoms with Gasteiger partial charge in [0, 0.05) is 19.6 Å². The minimum absolute atomic E-state index is 0.00656. The Morgan fingerprint density at radius 3 is 2.64 bits per heavy atom. The number of amides is 1. The number of ether oxygens (including phenoxy) is 1. The number of anilines is 1. The van der Waals surface area contributed by atoms with Gasteiger partial charge in [-0.2, -0.15) is 0 Å². The monoisotopic (exact) mass is 482 g/mol. The van der Waals surface area contributed by atoms with E-state index >= 15 is 0 Å². The van der Waals surface area contributed by atoms with Crippen LogP contribution in [-0.2, 0) is 17.9 Å².